The fourth-order valence-electron chi connectivity index (χ4n) is 3.40. The molecule has 0 atom stereocenters. The van der Waals surface area contributed by atoms with Gasteiger partial charge in [0.2, 0.25) is 0 Å². The summed E-state index contributed by atoms with van der Waals surface area (Å²) in [6.07, 6.45) is 4.32. The van der Waals surface area contributed by atoms with Crippen LogP contribution in [0.1, 0.15) is 28.5 Å². The van der Waals surface area contributed by atoms with Crippen LogP contribution in [0.25, 0.3) is 10.6 Å². The molecule has 0 fully saturated rings. The van der Waals surface area contributed by atoms with E-state index in [4.69, 9.17) is 4.74 Å². The molecule has 0 bridgehead atoms. The topological polar surface area (TPSA) is 55.3 Å². The van der Waals surface area contributed by atoms with E-state index in [-0.39, 0.29) is 5.91 Å². The summed E-state index contributed by atoms with van der Waals surface area (Å²) in [5, 5.41) is 2.66. The predicted octanol–water partition coefficient (Wildman–Crippen LogP) is 5.49. The maximum Gasteiger partial charge on any atom is 0.273 e. The second kappa shape index (κ2) is 10.7. The molecule has 0 N–H and O–H groups in total. The van der Waals surface area contributed by atoms with Crippen molar-refractivity contribution in [2.24, 2.45) is 0 Å². The van der Waals surface area contributed by atoms with Crippen LogP contribution in [0, 0.1) is 0 Å². The highest BCUT2D eigenvalue weighted by molar-refractivity contribution is 7.13. The van der Waals surface area contributed by atoms with Gasteiger partial charge in [-0.05, 0) is 54.8 Å². The first kappa shape index (κ1) is 21.7. The third-order valence-electron chi connectivity index (χ3n) is 5.03. The van der Waals surface area contributed by atoms with Crippen molar-refractivity contribution in [3.63, 3.8) is 0 Å². The van der Waals surface area contributed by atoms with Crippen molar-refractivity contribution in [1.29, 1.82) is 0 Å². The number of carbonyl (C=O) groups excluding carboxylic acids is 1. The maximum atomic E-state index is 13.4. The molecule has 0 aliphatic heterocycles. The summed E-state index contributed by atoms with van der Waals surface area (Å²) in [7, 11) is 0. The summed E-state index contributed by atoms with van der Waals surface area (Å²) in [6.45, 7) is 3.69. The molecule has 5 nitrogen and oxygen atoms in total. The third kappa shape index (κ3) is 5.59. The van der Waals surface area contributed by atoms with Gasteiger partial charge in [0, 0.05) is 36.4 Å². The molecule has 2 aromatic heterocycles. The van der Waals surface area contributed by atoms with E-state index in [0.717, 1.165) is 28.3 Å². The van der Waals surface area contributed by atoms with Gasteiger partial charge in [0.15, 0.2) is 0 Å². The summed E-state index contributed by atoms with van der Waals surface area (Å²) in [4.78, 5) is 24.1. The van der Waals surface area contributed by atoms with E-state index in [0.29, 0.717) is 25.4 Å². The van der Waals surface area contributed by atoms with Gasteiger partial charge in [0.1, 0.15) is 16.5 Å². The van der Waals surface area contributed by atoms with Crippen LogP contribution in [0.4, 0.5) is 0 Å². The molecular formula is C26H25N3O2S. The minimum atomic E-state index is -0.0711. The highest BCUT2D eigenvalue weighted by Gasteiger charge is 2.20. The molecule has 2 aromatic carbocycles. The quantitative estimate of drug-likeness (QED) is 0.343. The lowest BCUT2D eigenvalue weighted by molar-refractivity contribution is 0.0740. The number of carbonyl (C=O) groups is 1. The average Bonchev–Trinajstić information content (AvgIpc) is 3.34. The smallest absolute Gasteiger partial charge is 0.273 e. The van der Waals surface area contributed by atoms with Crippen molar-refractivity contribution in [2.45, 2.75) is 19.9 Å². The van der Waals surface area contributed by atoms with Crippen LogP contribution in [-0.2, 0) is 13.0 Å². The second-order valence-corrected chi connectivity index (χ2v) is 8.18. The molecule has 32 heavy (non-hydrogen) atoms. The average molecular weight is 444 g/mol. The van der Waals surface area contributed by atoms with Crippen molar-refractivity contribution < 1.29 is 9.53 Å². The second-order valence-electron chi connectivity index (χ2n) is 7.32. The highest BCUT2D eigenvalue weighted by Crippen LogP contribution is 2.26. The van der Waals surface area contributed by atoms with E-state index in [1.807, 2.05) is 71.8 Å². The molecule has 0 radical (unpaired) electrons. The first-order chi connectivity index (χ1) is 15.7. The van der Waals surface area contributed by atoms with Gasteiger partial charge in [0.25, 0.3) is 5.91 Å². The number of hydrogen-bond acceptors (Lipinski definition) is 5. The molecule has 0 aliphatic carbocycles. The number of hydrogen-bond donors (Lipinski definition) is 0. The van der Waals surface area contributed by atoms with E-state index in [1.54, 1.807) is 12.4 Å². The number of ether oxygens (including phenoxy) is 1. The Hall–Kier alpha value is -3.51. The fraction of sp³-hybridized carbons (Fsp3) is 0.192. The number of thiazole rings is 1. The normalized spacial score (nSPS) is 10.7. The number of aromatic nitrogens is 2. The minimum Gasteiger partial charge on any atom is -0.494 e. The van der Waals surface area contributed by atoms with Crippen LogP contribution < -0.4 is 4.74 Å². The lowest BCUT2D eigenvalue weighted by Gasteiger charge is -2.22. The number of nitrogens with zero attached hydrogens (tertiary/aromatic N) is 3. The molecule has 0 saturated carbocycles. The molecule has 4 rings (SSSR count). The zero-order valence-electron chi connectivity index (χ0n) is 18.0. The Labute approximate surface area is 192 Å². The summed E-state index contributed by atoms with van der Waals surface area (Å²) < 4.78 is 5.51. The van der Waals surface area contributed by atoms with E-state index in [9.17, 15) is 4.79 Å². The van der Waals surface area contributed by atoms with Crippen LogP contribution in [0.15, 0.2) is 84.5 Å². The van der Waals surface area contributed by atoms with E-state index >= 15 is 0 Å². The van der Waals surface area contributed by atoms with Crippen molar-refractivity contribution in [1.82, 2.24) is 14.9 Å². The largest absolute Gasteiger partial charge is 0.494 e. The molecule has 0 aliphatic rings. The maximum absolute atomic E-state index is 13.4. The van der Waals surface area contributed by atoms with E-state index in [2.05, 4.69) is 22.1 Å². The number of rotatable bonds is 9. The molecule has 4 aromatic rings. The standard InChI is InChI=1S/C26H25N3O2S/c1-2-31-23-12-10-22(11-13-23)25-28-24(19-32-25)26(30)29(18-21-9-6-15-27-17-21)16-14-20-7-4-3-5-8-20/h3-13,15,17,19H,2,14,16,18H2,1H3. The number of amides is 1. The van der Waals surface area contributed by atoms with Crippen molar-refractivity contribution in [3.8, 4) is 16.3 Å². The highest BCUT2D eigenvalue weighted by atomic mass is 32.1. The summed E-state index contributed by atoms with van der Waals surface area (Å²) >= 11 is 1.48. The van der Waals surface area contributed by atoms with Crippen molar-refractivity contribution in [3.05, 3.63) is 101 Å². The van der Waals surface area contributed by atoms with Crippen molar-refractivity contribution >= 4 is 17.2 Å². The van der Waals surface area contributed by atoms with Gasteiger partial charge in [-0.2, -0.15) is 0 Å². The molecular weight excluding hydrogens is 418 g/mol. The van der Waals surface area contributed by atoms with Crippen molar-refractivity contribution in [2.75, 3.05) is 13.2 Å². The summed E-state index contributed by atoms with van der Waals surface area (Å²) in [6, 6.07) is 21.9. The van der Waals surface area contributed by atoms with Crippen LogP contribution in [0.5, 0.6) is 5.75 Å². The Morgan fingerprint density at radius 3 is 2.50 bits per heavy atom. The summed E-state index contributed by atoms with van der Waals surface area (Å²) in [5.41, 5.74) is 3.64. The van der Waals surface area contributed by atoms with Crippen LogP contribution in [-0.4, -0.2) is 33.9 Å². The zero-order valence-corrected chi connectivity index (χ0v) is 18.8. The van der Waals surface area contributed by atoms with Crippen LogP contribution >= 0.6 is 11.3 Å². The van der Waals surface area contributed by atoms with Gasteiger partial charge in [-0.25, -0.2) is 4.98 Å². The minimum absolute atomic E-state index is 0.0711. The molecule has 162 valence electrons. The monoisotopic (exact) mass is 443 g/mol. The number of pyridine rings is 1. The molecule has 6 heteroatoms. The lowest BCUT2D eigenvalue weighted by Crippen LogP contribution is -2.32. The Morgan fingerprint density at radius 2 is 1.78 bits per heavy atom. The Bertz CT molecular complexity index is 1130. The zero-order chi connectivity index (χ0) is 22.2. The Balaban J connectivity index is 1.52. The van der Waals surface area contributed by atoms with Gasteiger partial charge in [-0.1, -0.05) is 36.4 Å². The summed E-state index contributed by atoms with van der Waals surface area (Å²) in [5.74, 6) is 0.755. The third-order valence-corrected chi connectivity index (χ3v) is 5.92. The molecule has 2 heterocycles. The SMILES string of the molecule is CCOc1ccc(-c2nc(C(=O)N(CCc3ccccc3)Cc3cccnc3)cs2)cc1. The molecule has 0 spiro atoms. The van der Waals surface area contributed by atoms with Gasteiger partial charge >= 0.3 is 0 Å². The first-order valence-corrected chi connectivity index (χ1v) is 11.5. The van der Waals surface area contributed by atoms with E-state index < -0.39 is 0 Å². The molecule has 1 amide bonds. The van der Waals surface area contributed by atoms with Crippen LogP contribution in [0.3, 0.4) is 0 Å². The fourth-order valence-corrected chi connectivity index (χ4v) is 4.20. The molecule has 0 unspecified atom stereocenters. The first-order valence-electron chi connectivity index (χ1n) is 10.6. The number of benzene rings is 2. The van der Waals surface area contributed by atoms with Gasteiger partial charge in [-0.15, -0.1) is 11.3 Å². The van der Waals surface area contributed by atoms with Crippen LogP contribution in [0.2, 0.25) is 0 Å². The Morgan fingerprint density at radius 1 is 1.00 bits per heavy atom. The molecule has 0 saturated heterocycles. The lowest BCUT2D eigenvalue weighted by atomic mass is 10.1. The predicted molar refractivity (Wildman–Crippen MR) is 128 cm³/mol. The van der Waals surface area contributed by atoms with E-state index in [1.165, 1.54) is 16.9 Å². The Kier molecular flexibility index (Phi) is 7.25. The van der Waals surface area contributed by atoms with Gasteiger partial charge in [-0.3, -0.25) is 9.78 Å². The van der Waals surface area contributed by atoms with Gasteiger partial charge in [0.05, 0.1) is 6.61 Å². The van der Waals surface area contributed by atoms with Gasteiger partial charge < -0.3 is 9.64 Å².